The smallest absolute Gasteiger partial charge is 0.338 e. The van der Waals surface area contributed by atoms with Crippen LogP contribution in [0.25, 0.3) is 4.85 Å². The minimum atomic E-state index is -0.612. The molecular weight excluding hydrogens is 454 g/mol. The quantitative estimate of drug-likeness (QED) is 0.528. The van der Waals surface area contributed by atoms with E-state index in [1.54, 1.807) is 6.07 Å². The summed E-state index contributed by atoms with van der Waals surface area (Å²) in [5.74, 6) is -0.279. The summed E-state index contributed by atoms with van der Waals surface area (Å²) >= 11 is 0. The molecule has 1 unspecified atom stereocenters. The van der Waals surface area contributed by atoms with Gasteiger partial charge in [0, 0.05) is 44.3 Å². The molecule has 3 atom stereocenters. The maximum Gasteiger partial charge on any atom is 0.338 e. The van der Waals surface area contributed by atoms with Crippen LogP contribution in [-0.2, 0) is 16.1 Å². The first-order chi connectivity index (χ1) is 15.9. The van der Waals surface area contributed by atoms with Gasteiger partial charge in [-0.3, -0.25) is 9.80 Å². The van der Waals surface area contributed by atoms with Gasteiger partial charge in [0.2, 0.25) is 0 Å². The Morgan fingerprint density at radius 2 is 2.03 bits per heavy atom. The molecule has 2 aromatic carbocycles. The Hall–Kier alpha value is -2.47. The van der Waals surface area contributed by atoms with Gasteiger partial charge in [0.05, 0.1) is 31.0 Å². The molecule has 5 rings (SSSR count). The maximum atomic E-state index is 11.8. The van der Waals surface area contributed by atoms with Crippen LogP contribution in [0.4, 0.5) is 5.69 Å². The maximum absolute atomic E-state index is 11.8. The van der Waals surface area contributed by atoms with E-state index in [9.17, 15) is 9.90 Å². The second-order valence-electron chi connectivity index (χ2n) is 9.29. The van der Waals surface area contributed by atoms with Crippen molar-refractivity contribution >= 4 is 24.1 Å². The highest BCUT2D eigenvalue weighted by Gasteiger charge is 2.35. The normalized spacial score (nSPS) is 23.3. The van der Waals surface area contributed by atoms with E-state index < -0.39 is 6.10 Å². The lowest BCUT2D eigenvalue weighted by Gasteiger charge is -2.46. The average molecular weight is 484 g/mol. The first-order valence-corrected chi connectivity index (χ1v) is 11.5. The third kappa shape index (κ3) is 4.57. The number of fused-ring (bicyclic) bond motifs is 2. The van der Waals surface area contributed by atoms with Crippen molar-refractivity contribution in [3.05, 3.63) is 75.1 Å². The summed E-state index contributed by atoms with van der Waals surface area (Å²) in [7, 11) is 0. The number of nitrogens with zero attached hydrogens (tertiary/aromatic N) is 3. The molecule has 0 spiro atoms. The fourth-order valence-corrected chi connectivity index (χ4v) is 5.29. The number of piperazine rings is 1. The van der Waals surface area contributed by atoms with Gasteiger partial charge in [0.15, 0.2) is 5.69 Å². The molecule has 0 amide bonds. The van der Waals surface area contributed by atoms with Gasteiger partial charge in [-0.1, -0.05) is 24.3 Å². The Balaban J connectivity index is 0.00000274. The van der Waals surface area contributed by atoms with Crippen molar-refractivity contribution in [1.82, 2.24) is 9.80 Å². The predicted octanol–water partition coefficient (Wildman–Crippen LogP) is 3.74. The van der Waals surface area contributed by atoms with Crippen molar-refractivity contribution in [2.24, 2.45) is 0 Å². The second-order valence-corrected chi connectivity index (χ2v) is 9.29. The summed E-state index contributed by atoms with van der Waals surface area (Å²) in [6.45, 7) is 16.2. The average Bonchev–Trinajstić information content (AvgIpc) is 3.20. The Morgan fingerprint density at radius 1 is 1.21 bits per heavy atom. The number of aliphatic hydroxyl groups is 1. The monoisotopic (exact) mass is 483 g/mol. The van der Waals surface area contributed by atoms with E-state index >= 15 is 0 Å². The van der Waals surface area contributed by atoms with Gasteiger partial charge in [0.25, 0.3) is 0 Å². The van der Waals surface area contributed by atoms with E-state index in [0.717, 1.165) is 54.0 Å². The number of aliphatic hydroxyl groups excluding tert-OH is 1. The molecule has 0 bridgehead atoms. The second kappa shape index (κ2) is 10.0. The lowest BCUT2D eigenvalue weighted by molar-refractivity contribution is -0.0937. The zero-order valence-electron chi connectivity index (χ0n) is 19.5. The number of esters is 1. The molecule has 0 aliphatic carbocycles. The molecule has 1 N–H and O–H groups in total. The van der Waals surface area contributed by atoms with Gasteiger partial charge in [0.1, 0.15) is 6.61 Å². The van der Waals surface area contributed by atoms with E-state index in [1.807, 2.05) is 32.0 Å². The Morgan fingerprint density at radius 3 is 2.79 bits per heavy atom. The lowest BCUT2D eigenvalue weighted by Crippen LogP contribution is -2.58. The SMILES string of the molecule is Cl.[C-]#[N+]c1ccc([C@H]2CN3CCN(CC(O)c4ccc5c(c4C)COC5=O)C[C@H]3CO2)cc1C. The molecule has 8 heteroatoms. The van der Waals surface area contributed by atoms with Gasteiger partial charge >= 0.3 is 5.97 Å². The zero-order valence-corrected chi connectivity index (χ0v) is 20.3. The predicted molar refractivity (Wildman–Crippen MR) is 130 cm³/mol. The summed E-state index contributed by atoms with van der Waals surface area (Å²) in [4.78, 5) is 20.1. The summed E-state index contributed by atoms with van der Waals surface area (Å²) in [6, 6.07) is 9.90. The van der Waals surface area contributed by atoms with Crippen LogP contribution >= 0.6 is 12.4 Å². The number of benzene rings is 2. The highest BCUT2D eigenvalue weighted by Crippen LogP contribution is 2.32. The van der Waals surface area contributed by atoms with Crippen molar-refractivity contribution in [2.45, 2.75) is 38.7 Å². The highest BCUT2D eigenvalue weighted by atomic mass is 35.5. The van der Waals surface area contributed by atoms with Crippen molar-refractivity contribution in [2.75, 3.05) is 39.3 Å². The number of β-amino-alcohol motifs (C(OH)–C–C–N with tert-alkyl or cyclic N) is 1. The highest BCUT2D eigenvalue weighted by molar-refractivity contribution is 5.93. The molecule has 2 fully saturated rings. The molecule has 2 saturated heterocycles. The van der Waals surface area contributed by atoms with Crippen LogP contribution in [0.1, 0.15) is 50.4 Å². The molecular formula is C26H30ClN3O4. The number of hydrogen-bond acceptors (Lipinski definition) is 6. The molecule has 3 heterocycles. The number of cyclic esters (lactones) is 1. The standard InChI is InChI=1S/C26H29N3O4.ClH/c1-16-10-18(4-7-23(16)27-3)25-13-29-9-8-28(11-19(29)14-32-25)12-24(30)20-5-6-21-22(17(20)2)15-33-26(21)31;/h4-7,10,19,24-25,30H,8-9,11-15H2,1-2H3;1H/t19-,24?,25+;/m0./s1. The van der Waals surface area contributed by atoms with Crippen molar-refractivity contribution in [1.29, 1.82) is 0 Å². The van der Waals surface area contributed by atoms with Crippen LogP contribution in [0.2, 0.25) is 0 Å². The van der Waals surface area contributed by atoms with E-state index in [-0.39, 0.29) is 24.5 Å². The van der Waals surface area contributed by atoms with Gasteiger partial charge in [-0.25, -0.2) is 9.64 Å². The van der Waals surface area contributed by atoms with Crippen LogP contribution in [0, 0.1) is 20.4 Å². The minimum absolute atomic E-state index is 0. The number of rotatable bonds is 4. The zero-order chi connectivity index (χ0) is 23.1. The molecule has 34 heavy (non-hydrogen) atoms. The molecule has 180 valence electrons. The topological polar surface area (TPSA) is 66.6 Å². The minimum Gasteiger partial charge on any atom is -0.457 e. The van der Waals surface area contributed by atoms with Crippen molar-refractivity contribution < 1.29 is 19.4 Å². The molecule has 0 aromatic heterocycles. The number of halogens is 1. The van der Waals surface area contributed by atoms with Gasteiger partial charge in [-0.2, -0.15) is 0 Å². The van der Waals surface area contributed by atoms with Crippen LogP contribution in [0.3, 0.4) is 0 Å². The van der Waals surface area contributed by atoms with Gasteiger partial charge in [-0.05, 0) is 42.2 Å². The number of hydrogen-bond donors (Lipinski definition) is 1. The molecule has 3 aliphatic rings. The number of aryl methyl sites for hydroxylation is 1. The summed E-state index contributed by atoms with van der Waals surface area (Å²) in [5, 5.41) is 11.0. The number of carbonyl (C=O) groups is 1. The van der Waals surface area contributed by atoms with Gasteiger partial charge in [-0.15, -0.1) is 12.4 Å². The van der Waals surface area contributed by atoms with E-state index in [4.69, 9.17) is 16.0 Å². The van der Waals surface area contributed by atoms with Crippen LogP contribution < -0.4 is 0 Å². The Kier molecular flexibility index (Phi) is 7.27. The molecule has 0 saturated carbocycles. The van der Waals surface area contributed by atoms with Crippen LogP contribution in [0.5, 0.6) is 0 Å². The van der Waals surface area contributed by atoms with Crippen molar-refractivity contribution in [3.63, 3.8) is 0 Å². The first kappa shape index (κ1) is 24.6. The van der Waals surface area contributed by atoms with E-state index in [2.05, 4.69) is 20.7 Å². The van der Waals surface area contributed by atoms with Crippen LogP contribution in [-0.4, -0.2) is 66.2 Å². The molecule has 7 nitrogen and oxygen atoms in total. The number of carbonyl (C=O) groups excluding carboxylic acids is 1. The van der Waals surface area contributed by atoms with Crippen LogP contribution in [0.15, 0.2) is 30.3 Å². The fourth-order valence-electron chi connectivity index (χ4n) is 5.29. The summed E-state index contributed by atoms with van der Waals surface area (Å²) in [6.07, 6.45) is -0.588. The number of morpholine rings is 1. The number of ether oxygens (including phenoxy) is 2. The summed E-state index contributed by atoms with van der Waals surface area (Å²) < 4.78 is 11.4. The third-order valence-electron chi connectivity index (χ3n) is 7.29. The molecule has 2 aromatic rings. The van der Waals surface area contributed by atoms with E-state index in [0.29, 0.717) is 37.1 Å². The van der Waals surface area contributed by atoms with Crippen molar-refractivity contribution in [3.8, 4) is 0 Å². The Bertz CT molecular complexity index is 1130. The Labute approximate surface area is 206 Å². The molecule has 0 radical (unpaired) electrons. The summed E-state index contributed by atoms with van der Waals surface area (Å²) in [5.41, 5.74) is 6.14. The van der Waals surface area contributed by atoms with E-state index in [1.165, 1.54) is 0 Å². The molecule has 3 aliphatic heterocycles. The largest absolute Gasteiger partial charge is 0.457 e. The lowest BCUT2D eigenvalue weighted by atomic mass is 9.95. The van der Waals surface area contributed by atoms with Gasteiger partial charge < -0.3 is 14.6 Å². The fraction of sp³-hybridized carbons (Fsp3) is 0.462. The third-order valence-corrected chi connectivity index (χ3v) is 7.29. The first-order valence-electron chi connectivity index (χ1n) is 11.5.